The molecule has 0 saturated heterocycles. The van der Waals surface area contributed by atoms with Gasteiger partial charge in [0.25, 0.3) is 0 Å². The lowest BCUT2D eigenvalue weighted by atomic mass is 10.5. The Bertz CT molecular complexity index is 340. The first kappa shape index (κ1) is 12.4. The number of aromatic nitrogens is 1. The van der Waals surface area contributed by atoms with E-state index in [-0.39, 0.29) is 5.91 Å². The maximum atomic E-state index is 11.5. The summed E-state index contributed by atoms with van der Waals surface area (Å²) in [5, 5.41) is 2.79. The van der Waals surface area contributed by atoms with E-state index in [0.717, 1.165) is 16.3 Å². The van der Waals surface area contributed by atoms with Crippen LogP contribution in [0.5, 0.6) is 0 Å². The second-order valence-electron chi connectivity index (χ2n) is 3.26. The number of nitrogens with zero attached hydrogens (tertiary/aromatic N) is 3. The van der Waals surface area contributed by atoms with Gasteiger partial charge < -0.3 is 9.80 Å². The highest BCUT2D eigenvalue weighted by Gasteiger charge is 2.13. The molecule has 0 unspecified atom stereocenters. The van der Waals surface area contributed by atoms with Gasteiger partial charge in [0.2, 0.25) is 5.91 Å². The molecule has 15 heavy (non-hydrogen) atoms. The van der Waals surface area contributed by atoms with E-state index in [9.17, 15) is 4.79 Å². The highest BCUT2D eigenvalue weighted by Crippen LogP contribution is 2.23. The van der Waals surface area contributed by atoms with Crippen molar-refractivity contribution in [3.05, 3.63) is 9.98 Å². The molecular formula is C9H14BrN3OS. The molecule has 1 heterocycles. The largest absolute Gasteiger partial charge is 0.347 e. The molecule has 0 radical (unpaired) electrons. The number of carbonyl (C=O) groups is 1. The topological polar surface area (TPSA) is 36.4 Å². The molecule has 0 fully saturated rings. The Balaban J connectivity index is 2.68. The summed E-state index contributed by atoms with van der Waals surface area (Å²) in [5.41, 5.74) is 0. The zero-order chi connectivity index (χ0) is 11.4. The number of halogens is 1. The SMILES string of the molecule is CCN(CC(=O)N(C)C)c1nc(Br)cs1. The number of likely N-dealkylation sites (N-methyl/N-ethyl adjacent to an activating group) is 2. The van der Waals surface area contributed by atoms with Crippen LogP contribution in [-0.2, 0) is 4.79 Å². The van der Waals surface area contributed by atoms with Gasteiger partial charge in [-0.05, 0) is 22.9 Å². The van der Waals surface area contributed by atoms with Crippen LogP contribution in [-0.4, -0.2) is 43.0 Å². The molecule has 0 aliphatic heterocycles. The lowest BCUT2D eigenvalue weighted by Crippen LogP contribution is -2.36. The van der Waals surface area contributed by atoms with Crippen LogP contribution in [0.1, 0.15) is 6.92 Å². The molecule has 0 aliphatic carbocycles. The minimum Gasteiger partial charge on any atom is -0.347 e. The fraction of sp³-hybridized carbons (Fsp3) is 0.556. The van der Waals surface area contributed by atoms with Crippen LogP contribution in [0.25, 0.3) is 0 Å². The molecule has 4 nitrogen and oxygen atoms in total. The van der Waals surface area contributed by atoms with Gasteiger partial charge in [-0.3, -0.25) is 4.79 Å². The molecule has 1 rings (SSSR count). The normalized spacial score (nSPS) is 10.1. The number of rotatable bonds is 4. The Kier molecular flexibility index (Phi) is 4.53. The predicted octanol–water partition coefficient (Wildman–Crippen LogP) is 1.82. The predicted molar refractivity (Wildman–Crippen MR) is 66.4 cm³/mol. The molecule has 0 atom stereocenters. The molecule has 1 aromatic rings. The lowest BCUT2D eigenvalue weighted by Gasteiger charge is -2.21. The summed E-state index contributed by atoms with van der Waals surface area (Å²) in [4.78, 5) is 19.4. The van der Waals surface area contributed by atoms with E-state index >= 15 is 0 Å². The van der Waals surface area contributed by atoms with Crippen molar-refractivity contribution >= 4 is 38.3 Å². The minimum atomic E-state index is 0.0863. The molecule has 0 aliphatic rings. The Labute approximate surface area is 102 Å². The van der Waals surface area contributed by atoms with Gasteiger partial charge in [0.1, 0.15) is 4.60 Å². The molecule has 6 heteroatoms. The van der Waals surface area contributed by atoms with E-state index in [1.165, 1.54) is 11.3 Å². The van der Waals surface area contributed by atoms with Gasteiger partial charge in [0, 0.05) is 26.0 Å². The van der Waals surface area contributed by atoms with Gasteiger partial charge in [0.05, 0.1) is 6.54 Å². The fourth-order valence-electron chi connectivity index (χ4n) is 1.01. The number of amides is 1. The van der Waals surface area contributed by atoms with Crippen LogP contribution in [0.3, 0.4) is 0 Å². The third-order valence-electron chi connectivity index (χ3n) is 1.94. The zero-order valence-corrected chi connectivity index (χ0v) is 11.4. The molecule has 0 bridgehead atoms. The third-order valence-corrected chi connectivity index (χ3v) is 3.55. The second-order valence-corrected chi connectivity index (χ2v) is 4.90. The van der Waals surface area contributed by atoms with Crippen molar-refractivity contribution in [2.75, 3.05) is 32.1 Å². The van der Waals surface area contributed by atoms with Gasteiger partial charge in [-0.1, -0.05) is 0 Å². The first-order chi connectivity index (χ1) is 7.04. The van der Waals surface area contributed by atoms with Crippen LogP contribution >= 0.6 is 27.3 Å². The number of thiazole rings is 1. The Morgan fingerprint density at radius 1 is 1.60 bits per heavy atom. The molecule has 0 saturated carbocycles. The monoisotopic (exact) mass is 291 g/mol. The van der Waals surface area contributed by atoms with Crippen LogP contribution < -0.4 is 4.90 Å². The summed E-state index contributed by atoms with van der Waals surface area (Å²) in [7, 11) is 3.52. The highest BCUT2D eigenvalue weighted by molar-refractivity contribution is 9.10. The van der Waals surface area contributed by atoms with E-state index < -0.39 is 0 Å². The molecule has 84 valence electrons. The van der Waals surface area contributed by atoms with Crippen molar-refractivity contribution < 1.29 is 4.79 Å². The van der Waals surface area contributed by atoms with Gasteiger partial charge in [-0.15, -0.1) is 11.3 Å². The molecule has 0 N–H and O–H groups in total. The summed E-state index contributed by atoms with van der Waals surface area (Å²) in [5.74, 6) is 0.0863. The van der Waals surface area contributed by atoms with Crippen molar-refractivity contribution in [3.8, 4) is 0 Å². The number of hydrogen-bond acceptors (Lipinski definition) is 4. The van der Waals surface area contributed by atoms with Crippen LogP contribution in [0.15, 0.2) is 9.98 Å². The van der Waals surface area contributed by atoms with Crippen molar-refractivity contribution in [2.45, 2.75) is 6.92 Å². The third kappa shape index (κ3) is 3.46. The van der Waals surface area contributed by atoms with Crippen molar-refractivity contribution in [1.29, 1.82) is 0 Å². The lowest BCUT2D eigenvalue weighted by molar-refractivity contribution is -0.127. The van der Waals surface area contributed by atoms with Crippen molar-refractivity contribution in [2.24, 2.45) is 0 Å². The second kappa shape index (κ2) is 5.46. The average Bonchev–Trinajstić information content (AvgIpc) is 2.60. The van der Waals surface area contributed by atoms with E-state index in [2.05, 4.69) is 20.9 Å². The zero-order valence-electron chi connectivity index (χ0n) is 9.03. The fourth-order valence-corrected chi connectivity index (χ4v) is 2.32. The number of anilines is 1. The number of carbonyl (C=O) groups excluding carboxylic acids is 1. The smallest absolute Gasteiger partial charge is 0.241 e. The van der Waals surface area contributed by atoms with Crippen LogP contribution in [0, 0.1) is 0 Å². The summed E-state index contributed by atoms with van der Waals surface area (Å²) >= 11 is 4.84. The van der Waals surface area contributed by atoms with E-state index in [4.69, 9.17) is 0 Å². The Morgan fingerprint density at radius 2 is 2.27 bits per heavy atom. The first-order valence-electron chi connectivity index (χ1n) is 4.60. The Morgan fingerprint density at radius 3 is 2.67 bits per heavy atom. The van der Waals surface area contributed by atoms with Crippen molar-refractivity contribution in [3.63, 3.8) is 0 Å². The number of hydrogen-bond donors (Lipinski definition) is 0. The first-order valence-corrected chi connectivity index (χ1v) is 6.28. The molecule has 0 spiro atoms. The standard InChI is InChI=1S/C9H14BrN3OS/c1-4-13(5-8(14)12(2)3)9-11-7(10)6-15-9/h6H,4-5H2,1-3H3. The maximum absolute atomic E-state index is 11.5. The molecular weight excluding hydrogens is 278 g/mol. The molecule has 1 aromatic heterocycles. The van der Waals surface area contributed by atoms with Crippen molar-refractivity contribution in [1.82, 2.24) is 9.88 Å². The molecule has 0 aromatic carbocycles. The summed E-state index contributed by atoms with van der Waals surface area (Å²) in [6, 6.07) is 0. The van der Waals surface area contributed by atoms with Gasteiger partial charge in [0.15, 0.2) is 5.13 Å². The van der Waals surface area contributed by atoms with Crippen LogP contribution in [0.2, 0.25) is 0 Å². The summed E-state index contributed by atoms with van der Waals surface area (Å²) < 4.78 is 0.818. The van der Waals surface area contributed by atoms with E-state index in [1.807, 2.05) is 17.2 Å². The Hall–Kier alpha value is -0.620. The van der Waals surface area contributed by atoms with Gasteiger partial charge >= 0.3 is 0 Å². The van der Waals surface area contributed by atoms with E-state index in [1.54, 1.807) is 19.0 Å². The van der Waals surface area contributed by atoms with E-state index in [0.29, 0.717) is 6.54 Å². The van der Waals surface area contributed by atoms with Gasteiger partial charge in [-0.2, -0.15) is 0 Å². The van der Waals surface area contributed by atoms with Gasteiger partial charge in [-0.25, -0.2) is 4.98 Å². The van der Waals surface area contributed by atoms with Crippen LogP contribution in [0.4, 0.5) is 5.13 Å². The maximum Gasteiger partial charge on any atom is 0.241 e. The molecule has 1 amide bonds. The summed E-state index contributed by atoms with van der Waals surface area (Å²) in [6.07, 6.45) is 0. The highest BCUT2D eigenvalue weighted by atomic mass is 79.9. The minimum absolute atomic E-state index is 0.0863. The quantitative estimate of drug-likeness (QED) is 0.849. The summed E-state index contributed by atoms with van der Waals surface area (Å²) in [6.45, 7) is 3.17. The average molecular weight is 292 g/mol.